The number of likely N-dealkylation sites (tertiary alicyclic amines) is 1. The van der Waals surface area contributed by atoms with Gasteiger partial charge in [0.25, 0.3) is 0 Å². The van der Waals surface area contributed by atoms with Crippen LogP contribution in [0.3, 0.4) is 0 Å². The predicted molar refractivity (Wildman–Crippen MR) is 74.1 cm³/mol. The van der Waals surface area contributed by atoms with E-state index in [1.165, 1.54) is 10.6 Å². The highest BCUT2D eigenvalue weighted by Crippen LogP contribution is 2.37. The van der Waals surface area contributed by atoms with E-state index >= 15 is 0 Å². The summed E-state index contributed by atoms with van der Waals surface area (Å²) in [4.78, 5) is 14.0. The lowest BCUT2D eigenvalue weighted by molar-refractivity contribution is -0.143. The minimum atomic E-state index is -3.19. The van der Waals surface area contributed by atoms with Gasteiger partial charge in [0.2, 0.25) is 15.9 Å². The third-order valence-corrected chi connectivity index (χ3v) is 5.46. The molecule has 1 spiro atoms. The van der Waals surface area contributed by atoms with Crippen LogP contribution in [0.2, 0.25) is 0 Å². The monoisotopic (exact) mass is 286 g/mol. The van der Waals surface area contributed by atoms with Gasteiger partial charge in [-0.25, -0.2) is 8.42 Å². The lowest BCUT2D eigenvalue weighted by atomic mass is 9.80. The molecule has 1 atom stereocenters. The molecule has 2 rings (SSSR count). The number of rotatable bonds is 3. The van der Waals surface area contributed by atoms with E-state index in [0.717, 1.165) is 25.7 Å². The fourth-order valence-corrected chi connectivity index (χ4v) is 4.24. The predicted octanol–water partition coefficient (Wildman–Crippen LogP) is 0.979. The van der Waals surface area contributed by atoms with Crippen molar-refractivity contribution in [2.24, 2.45) is 0 Å². The number of hydrogen-bond donors (Lipinski definition) is 0. The average molecular weight is 286 g/mol. The molecule has 2 fully saturated rings. The van der Waals surface area contributed by atoms with Crippen LogP contribution >= 0.6 is 0 Å². The SMILES string of the molecule is C=CCN1C(=O)CCCC12CCCN(S(C)(=O)=O)C2. The lowest BCUT2D eigenvalue weighted by Gasteiger charge is -2.51. The second-order valence-electron chi connectivity index (χ2n) is 5.57. The molecule has 0 aromatic rings. The molecule has 0 aromatic carbocycles. The van der Waals surface area contributed by atoms with E-state index in [9.17, 15) is 13.2 Å². The van der Waals surface area contributed by atoms with Crippen molar-refractivity contribution in [1.82, 2.24) is 9.21 Å². The minimum Gasteiger partial charge on any atom is -0.332 e. The van der Waals surface area contributed by atoms with Gasteiger partial charge in [-0.3, -0.25) is 4.79 Å². The maximum Gasteiger partial charge on any atom is 0.223 e. The van der Waals surface area contributed by atoms with Crippen LogP contribution in [0, 0.1) is 0 Å². The van der Waals surface area contributed by atoms with Gasteiger partial charge in [-0.2, -0.15) is 4.31 Å². The Labute approximate surface area is 115 Å². The first-order valence-electron chi connectivity index (χ1n) is 6.75. The van der Waals surface area contributed by atoms with Crippen LogP contribution in [-0.2, 0) is 14.8 Å². The Hall–Kier alpha value is -0.880. The van der Waals surface area contributed by atoms with Crippen LogP contribution in [-0.4, -0.2) is 55.0 Å². The highest BCUT2D eigenvalue weighted by Gasteiger charge is 2.46. The molecule has 0 aliphatic carbocycles. The van der Waals surface area contributed by atoms with E-state index in [2.05, 4.69) is 6.58 Å². The molecule has 0 N–H and O–H groups in total. The molecule has 1 amide bonds. The Morgan fingerprint density at radius 1 is 1.37 bits per heavy atom. The molecule has 2 aliphatic rings. The van der Waals surface area contributed by atoms with Crippen molar-refractivity contribution < 1.29 is 13.2 Å². The maximum absolute atomic E-state index is 12.1. The van der Waals surface area contributed by atoms with Gasteiger partial charge >= 0.3 is 0 Å². The van der Waals surface area contributed by atoms with Gasteiger partial charge in [-0.15, -0.1) is 6.58 Å². The van der Waals surface area contributed by atoms with Crippen molar-refractivity contribution in [3.63, 3.8) is 0 Å². The topological polar surface area (TPSA) is 57.7 Å². The van der Waals surface area contributed by atoms with Gasteiger partial charge in [0.1, 0.15) is 0 Å². The molecule has 0 aromatic heterocycles. The zero-order valence-corrected chi connectivity index (χ0v) is 12.3. The zero-order chi connectivity index (χ0) is 14.1. The molecule has 2 heterocycles. The summed E-state index contributed by atoms with van der Waals surface area (Å²) >= 11 is 0. The van der Waals surface area contributed by atoms with E-state index in [-0.39, 0.29) is 11.4 Å². The number of carbonyl (C=O) groups is 1. The van der Waals surface area contributed by atoms with Crippen LogP contribution in [0.1, 0.15) is 32.1 Å². The van der Waals surface area contributed by atoms with E-state index in [1.54, 1.807) is 6.08 Å². The van der Waals surface area contributed by atoms with Crippen molar-refractivity contribution in [2.75, 3.05) is 25.9 Å². The molecule has 2 aliphatic heterocycles. The van der Waals surface area contributed by atoms with Crippen LogP contribution in [0.5, 0.6) is 0 Å². The Morgan fingerprint density at radius 2 is 2.05 bits per heavy atom. The number of nitrogens with zero attached hydrogens (tertiary/aromatic N) is 2. The molecule has 5 nitrogen and oxygen atoms in total. The summed E-state index contributed by atoms with van der Waals surface area (Å²) in [6.45, 7) is 5.22. The summed E-state index contributed by atoms with van der Waals surface area (Å²) in [7, 11) is -3.19. The molecule has 1 unspecified atom stereocenters. The molecular formula is C13H22N2O3S. The zero-order valence-electron chi connectivity index (χ0n) is 11.5. The highest BCUT2D eigenvalue weighted by molar-refractivity contribution is 7.88. The summed E-state index contributed by atoms with van der Waals surface area (Å²) < 4.78 is 25.0. The second-order valence-corrected chi connectivity index (χ2v) is 7.55. The third kappa shape index (κ3) is 2.84. The van der Waals surface area contributed by atoms with Crippen molar-refractivity contribution in [1.29, 1.82) is 0 Å². The largest absolute Gasteiger partial charge is 0.332 e. The van der Waals surface area contributed by atoms with Gasteiger partial charge < -0.3 is 4.90 Å². The lowest BCUT2D eigenvalue weighted by Crippen LogP contribution is -2.62. The summed E-state index contributed by atoms with van der Waals surface area (Å²) in [5, 5.41) is 0. The molecular weight excluding hydrogens is 264 g/mol. The van der Waals surface area contributed by atoms with Crippen molar-refractivity contribution >= 4 is 15.9 Å². The van der Waals surface area contributed by atoms with Crippen LogP contribution in [0.15, 0.2) is 12.7 Å². The molecule has 0 bridgehead atoms. The van der Waals surface area contributed by atoms with Crippen molar-refractivity contribution in [3.05, 3.63) is 12.7 Å². The van der Waals surface area contributed by atoms with E-state index in [1.807, 2.05) is 4.90 Å². The molecule has 0 saturated carbocycles. The van der Waals surface area contributed by atoms with Gasteiger partial charge in [0.05, 0.1) is 11.8 Å². The highest BCUT2D eigenvalue weighted by atomic mass is 32.2. The third-order valence-electron chi connectivity index (χ3n) is 4.21. The Morgan fingerprint density at radius 3 is 2.68 bits per heavy atom. The van der Waals surface area contributed by atoms with Gasteiger partial charge in [-0.05, 0) is 25.7 Å². The Kier molecular flexibility index (Phi) is 4.01. The average Bonchev–Trinajstić information content (AvgIpc) is 2.33. The Balaban J connectivity index is 2.27. The quantitative estimate of drug-likeness (QED) is 0.727. The van der Waals surface area contributed by atoms with Crippen molar-refractivity contribution in [2.45, 2.75) is 37.6 Å². The molecule has 19 heavy (non-hydrogen) atoms. The number of piperidine rings is 2. The van der Waals surface area contributed by atoms with Gasteiger partial charge in [0.15, 0.2) is 0 Å². The summed E-state index contributed by atoms with van der Waals surface area (Å²) in [6, 6.07) is 0. The first-order chi connectivity index (χ1) is 8.89. The maximum atomic E-state index is 12.1. The van der Waals surface area contributed by atoms with E-state index in [0.29, 0.717) is 26.1 Å². The fraction of sp³-hybridized carbons (Fsp3) is 0.769. The van der Waals surface area contributed by atoms with Crippen molar-refractivity contribution in [3.8, 4) is 0 Å². The summed E-state index contributed by atoms with van der Waals surface area (Å²) in [5.41, 5.74) is -0.315. The first kappa shape index (κ1) is 14.5. The van der Waals surface area contributed by atoms with Crippen LogP contribution in [0.4, 0.5) is 0 Å². The fourth-order valence-electron chi connectivity index (χ4n) is 3.31. The Bertz CT molecular complexity index is 470. The molecule has 108 valence electrons. The number of carbonyl (C=O) groups excluding carboxylic acids is 1. The second kappa shape index (κ2) is 5.25. The smallest absolute Gasteiger partial charge is 0.223 e. The number of sulfonamides is 1. The number of amides is 1. The summed E-state index contributed by atoms with van der Waals surface area (Å²) in [5.74, 6) is 0.126. The number of hydrogen-bond acceptors (Lipinski definition) is 3. The summed E-state index contributed by atoms with van der Waals surface area (Å²) in [6.07, 6.45) is 6.97. The van der Waals surface area contributed by atoms with Gasteiger partial charge in [0, 0.05) is 26.1 Å². The minimum absolute atomic E-state index is 0.126. The molecule has 2 saturated heterocycles. The van der Waals surface area contributed by atoms with Crippen LogP contribution in [0.25, 0.3) is 0 Å². The normalized spacial score (nSPS) is 29.7. The van der Waals surface area contributed by atoms with E-state index in [4.69, 9.17) is 0 Å². The molecule has 0 radical (unpaired) electrons. The molecule has 6 heteroatoms. The van der Waals surface area contributed by atoms with Gasteiger partial charge in [-0.1, -0.05) is 6.08 Å². The standard InChI is InChI=1S/C13H22N2O3S/c1-3-9-15-12(16)6-4-7-13(15)8-5-10-14(11-13)19(2,17)18/h3H,1,4-11H2,2H3. The van der Waals surface area contributed by atoms with Crippen LogP contribution < -0.4 is 0 Å². The first-order valence-corrected chi connectivity index (χ1v) is 8.60. The van der Waals surface area contributed by atoms with E-state index < -0.39 is 10.0 Å².